The van der Waals surface area contributed by atoms with Gasteiger partial charge in [0.1, 0.15) is 11.8 Å². The first-order chi connectivity index (χ1) is 11.7. The van der Waals surface area contributed by atoms with Gasteiger partial charge in [-0.2, -0.15) is 15.4 Å². The molecule has 1 aromatic rings. The van der Waals surface area contributed by atoms with Crippen LogP contribution in [0.1, 0.15) is 12.0 Å². The van der Waals surface area contributed by atoms with E-state index in [-0.39, 0.29) is 42.1 Å². The molecule has 0 N–H and O–H groups in total. The lowest BCUT2D eigenvalue weighted by Gasteiger charge is -2.13. The molecule has 24 heavy (non-hydrogen) atoms. The second-order valence-corrected chi connectivity index (χ2v) is 6.25. The molecule has 1 aromatic carbocycles. The largest absolute Gasteiger partial charge is 0.479 e. The molecular formula is C18H15N3O3. The Bertz CT molecular complexity index is 778. The molecule has 0 aromatic heterocycles. The van der Waals surface area contributed by atoms with Crippen LogP contribution in [0.4, 0.5) is 0 Å². The second-order valence-electron chi connectivity index (χ2n) is 6.25. The standard InChI is InChI=1S/C18H15N3O3/c19-6-7-24-14-3-1-2-11(8-14)10-20-21-17(22)15-12-4-5-13(9-12)16(15)18(21)23/h1-5,8,10,12-13,15-16H,7,9H2/t12-,13-,15-,16+/m0/s1. The Morgan fingerprint density at radius 3 is 2.62 bits per heavy atom. The Kier molecular flexibility index (Phi) is 3.42. The van der Waals surface area contributed by atoms with Gasteiger partial charge in [0.2, 0.25) is 0 Å². The molecule has 0 unspecified atom stereocenters. The average molecular weight is 321 g/mol. The highest BCUT2D eigenvalue weighted by Crippen LogP contribution is 2.52. The molecule has 0 spiro atoms. The Labute approximate surface area is 139 Å². The van der Waals surface area contributed by atoms with Crippen LogP contribution < -0.4 is 4.74 Å². The van der Waals surface area contributed by atoms with Gasteiger partial charge in [-0.3, -0.25) is 9.59 Å². The number of imide groups is 1. The first-order valence-corrected chi connectivity index (χ1v) is 7.89. The molecule has 2 aliphatic carbocycles. The third-order valence-corrected chi connectivity index (χ3v) is 4.93. The maximum atomic E-state index is 12.5. The molecule has 1 saturated heterocycles. The Morgan fingerprint density at radius 2 is 1.96 bits per heavy atom. The fourth-order valence-electron chi connectivity index (χ4n) is 3.93. The highest BCUT2D eigenvalue weighted by Gasteiger charge is 2.59. The summed E-state index contributed by atoms with van der Waals surface area (Å²) in [5.74, 6) is 0.0206. The van der Waals surface area contributed by atoms with Gasteiger partial charge in [-0.1, -0.05) is 24.3 Å². The molecule has 2 fully saturated rings. The fourth-order valence-corrected chi connectivity index (χ4v) is 3.93. The van der Waals surface area contributed by atoms with E-state index in [2.05, 4.69) is 17.3 Å². The molecule has 2 bridgehead atoms. The molecule has 2 amide bonds. The number of nitriles is 1. The number of benzene rings is 1. The third-order valence-electron chi connectivity index (χ3n) is 4.93. The zero-order valence-corrected chi connectivity index (χ0v) is 12.8. The van der Waals surface area contributed by atoms with Gasteiger partial charge in [0.05, 0.1) is 18.1 Å². The Hall–Kier alpha value is -2.94. The maximum absolute atomic E-state index is 12.5. The Balaban J connectivity index is 1.52. The van der Waals surface area contributed by atoms with Gasteiger partial charge in [-0.05, 0) is 36.0 Å². The van der Waals surface area contributed by atoms with Crippen molar-refractivity contribution in [2.75, 3.05) is 6.61 Å². The van der Waals surface area contributed by atoms with E-state index in [1.807, 2.05) is 6.07 Å². The number of amides is 2. The summed E-state index contributed by atoms with van der Waals surface area (Å²) in [5, 5.41) is 13.7. The summed E-state index contributed by atoms with van der Waals surface area (Å²) in [7, 11) is 0. The number of carbonyl (C=O) groups excluding carboxylic acids is 2. The zero-order valence-electron chi connectivity index (χ0n) is 12.8. The molecule has 1 heterocycles. The van der Waals surface area contributed by atoms with E-state index in [4.69, 9.17) is 10.00 Å². The first kappa shape index (κ1) is 14.6. The van der Waals surface area contributed by atoms with Crippen molar-refractivity contribution >= 4 is 18.0 Å². The molecular weight excluding hydrogens is 306 g/mol. The number of hydrogen-bond acceptors (Lipinski definition) is 5. The van der Waals surface area contributed by atoms with Crippen LogP contribution in [0, 0.1) is 35.0 Å². The van der Waals surface area contributed by atoms with E-state index in [9.17, 15) is 9.59 Å². The van der Waals surface area contributed by atoms with Crippen molar-refractivity contribution in [1.82, 2.24) is 5.01 Å². The lowest BCUT2D eigenvalue weighted by molar-refractivity contribution is -0.140. The Morgan fingerprint density at radius 1 is 1.25 bits per heavy atom. The summed E-state index contributed by atoms with van der Waals surface area (Å²) >= 11 is 0. The number of rotatable bonds is 4. The van der Waals surface area contributed by atoms with Gasteiger partial charge in [-0.25, -0.2) is 0 Å². The summed E-state index contributed by atoms with van der Waals surface area (Å²) in [6.45, 7) is -0.0389. The lowest BCUT2D eigenvalue weighted by Crippen LogP contribution is -2.28. The number of fused-ring (bicyclic) bond motifs is 5. The quantitative estimate of drug-likeness (QED) is 0.480. The maximum Gasteiger partial charge on any atom is 0.254 e. The minimum Gasteiger partial charge on any atom is -0.479 e. The predicted molar refractivity (Wildman–Crippen MR) is 84.7 cm³/mol. The number of allylic oxidation sites excluding steroid dienone is 2. The van der Waals surface area contributed by atoms with E-state index in [0.717, 1.165) is 11.4 Å². The molecule has 4 rings (SSSR count). The van der Waals surface area contributed by atoms with Gasteiger partial charge in [-0.15, -0.1) is 0 Å². The highest BCUT2D eigenvalue weighted by molar-refractivity contribution is 6.06. The first-order valence-electron chi connectivity index (χ1n) is 7.89. The topological polar surface area (TPSA) is 82.8 Å². The lowest BCUT2D eigenvalue weighted by atomic mass is 9.85. The van der Waals surface area contributed by atoms with Crippen molar-refractivity contribution in [2.24, 2.45) is 28.8 Å². The monoisotopic (exact) mass is 321 g/mol. The van der Waals surface area contributed by atoms with Crippen LogP contribution in [-0.4, -0.2) is 29.6 Å². The number of ether oxygens (including phenoxy) is 1. The molecule has 4 atom stereocenters. The van der Waals surface area contributed by atoms with Gasteiger partial charge in [0.15, 0.2) is 6.61 Å². The molecule has 6 heteroatoms. The van der Waals surface area contributed by atoms with Crippen LogP contribution in [0.15, 0.2) is 41.5 Å². The summed E-state index contributed by atoms with van der Waals surface area (Å²) < 4.78 is 5.23. The predicted octanol–water partition coefficient (Wildman–Crippen LogP) is 1.73. The summed E-state index contributed by atoms with van der Waals surface area (Å²) in [5.41, 5.74) is 0.698. The number of nitrogens with zero attached hydrogens (tertiary/aromatic N) is 3. The molecule has 3 aliphatic rings. The molecule has 1 aliphatic heterocycles. The molecule has 1 saturated carbocycles. The van der Waals surface area contributed by atoms with Crippen molar-refractivity contribution in [1.29, 1.82) is 5.26 Å². The van der Waals surface area contributed by atoms with Crippen LogP contribution >= 0.6 is 0 Å². The average Bonchev–Trinajstić information content (AvgIpc) is 3.26. The van der Waals surface area contributed by atoms with E-state index in [0.29, 0.717) is 11.3 Å². The van der Waals surface area contributed by atoms with Crippen LogP contribution in [-0.2, 0) is 9.59 Å². The minimum atomic E-state index is -0.241. The van der Waals surface area contributed by atoms with Crippen molar-refractivity contribution in [3.8, 4) is 11.8 Å². The normalized spacial score (nSPS) is 30.2. The molecule has 6 nitrogen and oxygen atoms in total. The van der Waals surface area contributed by atoms with E-state index in [1.54, 1.807) is 24.3 Å². The van der Waals surface area contributed by atoms with Gasteiger partial charge < -0.3 is 4.74 Å². The summed E-state index contributed by atoms with van der Waals surface area (Å²) in [4.78, 5) is 25.0. The van der Waals surface area contributed by atoms with Gasteiger partial charge in [0.25, 0.3) is 11.8 Å². The van der Waals surface area contributed by atoms with E-state index in [1.165, 1.54) is 6.21 Å². The minimum absolute atomic E-state index is 0.0389. The molecule has 120 valence electrons. The fraction of sp³-hybridized carbons (Fsp3) is 0.333. The van der Waals surface area contributed by atoms with Crippen LogP contribution in [0.2, 0.25) is 0 Å². The van der Waals surface area contributed by atoms with E-state index < -0.39 is 0 Å². The van der Waals surface area contributed by atoms with Crippen molar-refractivity contribution in [3.63, 3.8) is 0 Å². The summed E-state index contributed by atoms with van der Waals surface area (Å²) in [6, 6.07) is 8.89. The van der Waals surface area contributed by atoms with Crippen LogP contribution in [0.3, 0.4) is 0 Å². The number of carbonyl (C=O) groups is 2. The second kappa shape index (κ2) is 5.60. The highest BCUT2D eigenvalue weighted by atomic mass is 16.5. The van der Waals surface area contributed by atoms with Crippen molar-refractivity contribution in [3.05, 3.63) is 42.0 Å². The van der Waals surface area contributed by atoms with Crippen molar-refractivity contribution in [2.45, 2.75) is 6.42 Å². The number of hydrazone groups is 1. The molecule has 0 radical (unpaired) electrons. The van der Waals surface area contributed by atoms with Gasteiger partial charge in [0, 0.05) is 0 Å². The van der Waals surface area contributed by atoms with Crippen molar-refractivity contribution < 1.29 is 14.3 Å². The number of hydrogen-bond donors (Lipinski definition) is 0. The summed E-state index contributed by atoms with van der Waals surface area (Å²) in [6.07, 6.45) is 6.49. The zero-order chi connectivity index (χ0) is 16.7. The van der Waals surface area contributed by atoms with E-state index >= 15 is 0 Å². The smallest absolute Gasteiger partial charge is 0.254 e. The van der Waals surface area contributed by atoms with Crippen LogP contribution in [0.5, 0.6) is 5.75 Å². The third kappa shape index (κ3) is 2.21. The van der Waals surface area contributed by atoms with Gasteiger partial charge >= 0.3 is 0 Å². The van der Waals surface area contributed by atoms with Crippen LogP contribution in [0.25, 0.3) is 0 Å². The SMILES string of the molecule is N#CCOc1cccc(C=NN2C(=O)[C@@H]3[C@H](C2=O)[C@H]2C=C[C@H]3C2)c1.